The summed E-state index contributed by atoms with van der Waals surface area (Å²) >= 11 is 0. The van der Waals surface area contributed by atoms with Crippen LogP contribution in [0.4, 0.5) is 0 Å². The molecule has 0 rings (SSSR count). The summed E-state index contributed by atoms with van der Waals surface area (Å²) in [6, 6.07) is 0. The van der Waals surface area contributed by atoms with E-state index in [1.807, 2.05) is 27.8 Å². The van der Waals surface area contributed by atoms with Gasteiger partial charge in [0.15, 0.2) is 0 Å². The molecule has 0 aromatic heterocycles. The number of amides is 1. The summed E-state index contributed by atoms with van der Waals surface area (Å²) in [7, 11) is 3.64. The highest BCUT2D eigenvalue weighted by molar-refractivity contribution is 6.32. The lowest BCUT2D eigenvalue weighted by Crippen LogP contribution is -2.39. The summed E-state index contributed by atoms with van der Waals surface area (Å²) in [5, 5.41) is 3.22. The maximum atomic E-state index is 12.6. The van der Waals surface area contributed by atoms with Crippen molar-refractivity contribution >= 4 is 23.8 Å². The summed E-state index contributed by atoms with van der Waals surface area (Å²) in [6.07, 6.45) is 19.5. The van der Waals surface area contributed by atoms with Gasteiger partial charge in [-0.3, -0.25) is 14.4 Å². The Balaban J connectivity index is 4.20. The summed E-state index contributed by atoms with van der Waals surface area (Å²) in [5.41, 5.74) is 0. The maximum Gasteiger partial charge on any atom is 0.397 e. The molecule has 0 bridgehead atoms. The minimum Gasteiger partial charge on any atom is -0.466 e. The van der Waals surface area contributed by atoms with Crippen LogP contribution < -0.4 is 5.32 Å². The van der Waals surface area contributed by atoms with E-state index in [2.05, 4.69) is 5.32 Å². The van der Waals surface area contributed by atoms with Crippen LogP contribution in [-0.2, 0) is 38.1 Å². The first-order valence-electron chi connectivity index (χ1n) is 19.2. The molecule has 0 aromatic rings. The number of nitrogens with one attached hydrogen (secondary N) is 1. The minimum atomic E-state index is -0.825. The zero-order valence-corrected chi connectivity index (χ0v) is 31.6. The first-order chi connectivity index (χ1) is 23.2. The van der Waals surface area contributed by atoms with Crippen LogP contribution in [0.2, 0.25) is 0 Å². The Bertz CT molecular complexity index is 825. The molecular weight excluding hydrogens is 612 g/mol. The Morgan fingerprint density at radius 2 is 1.10 bits per heavy atom. The van der Waals surface area contributed by atoms with E-state index in [-0.39, 0.29) is 18.0 Å². The van der Waals surface area contributed by atoms with Crippen LogP contribution in [0, 0.1) is 5.92 Å². The Kier molecular flexibility index (Phi) is 30.6. The first-order valence-corrected chi connectivity index (χ1v) is 19.2. The van der Waals surface area contributed by atoms with E-state index in [1.54, 1.807) is 14.0 Å². The van der Waals surface area contributed by atoms with E-state index in [0.717, 1.165) is 103 Å². The van der Waals surface area contributed by atoms with Gasteiger partial charge in [-0.1, -0.05) is 83.5 Å². The normalized spacial score (nSPS) is 13.0. The highest BCUT2D eigenvalue weighted by Crippen LogP contribution is 2.22. The molecule has 0 heterocycles. The molecule has 0 aromatic carbocycles. The summed E-state index contributed by atoms with van der Waals surface area (Å²) in [5.74, 6) is -1.07. The second kappa shape index (κ2) is 32.0. The molecular formula is C38H72N2O8. The van der Waals surface area contributed by atoms with Gasteiger partial charge in [-0.25, -0.2) is 4.79 Å². The fourth-order valence-corrected chi connectivity index (χ4v) is 5.67. The lowest BCUT2D eigenvalue weighted by molar-refractivity contribution is -0.167. The highest BCUT2D eigenvalue weighted by atomic mass is 16.6. The number of rotatable bonds is 32. The van der Waals surface area contributed by atoms with Crippen LogP contribution in [-0.4, -0.2) is 87.9 Å². The van der Waals surface area contributed by atoms with Crippen LogP contribution in [0.25, 0.3) is 0 Å². The Morgan fingerprint density at radius 3 is 1.62 bits per heavy atom. The summed E-state index contributed by atoms with van der Waals surface area (Å²) in [4.78, 5) is 49.5. The molecule has 0 radical (unpaired) electrons. The molecule has 0 aliphatic carbocycles. The third-order valence-corrected chi connectivity index (χ3v) is 8.90. The molecule has 0 aliphatic rings. The predicted octanol–water partition coefficient (Wildman–Crippen LogP) is 7.55. The van der Waals surface area contributed by atoms with Crippen molar-refractivity contribution in [1.82, 2.24) is 10.2 Å². The van der Waals surface area contributed by atoms with Gasteiger partial charge in [0, 0.05) is 33.0 Å². The third kappa shape index (κ3) is 26.7. The average Bonchev–Trinajstić information content (AvgIpc) is 3.06. The monoisotopic (exact) mass is 685 g/mol. The van der Waals surface area contributed by atoms with Gasteiger partial charge in [0.05, 0.1) is 19.3 Å². The molecule has 1 unspecified atom stereocenters. The van der Waals surface area contributed by atoms with Crippen LogP contribution >= 0.6 is 0 Å². The molecule has 0 saturated carbocycles. The van der Waals surface area contributed by atoms with Gasteiger partial charge in [0.2, 0.25) is 0 Å². The molecule has 282 valence electrons. The summed E-state index contributed by atoms with van der Waals surface area (Å²) in [6.45, 7) is 10.4. The van der Waals surface area contributed by atoms with Crippen molar-refractivity contribution in [3.63, 3.8) is 0 Å². The minimum absolute atomic E-state index is 0.0989. The van der Waals surface area contributed by atoms with Gasteiger partial charge in [-0.2, -0.15) is 0 Å². The van der Waals surface area contributed by atoms with Gasteiger partial charge in [0.25, 0.3) is 0 Å². The molecule has 0 saturated heterocycles. The van der Waals surface area contributed by atoms with E-state index in [9.17, 15) is 19.2 Å². The lowest BCUT2D eigenvalue weighted by atomic mass is 9.92. The molecule has 0 spiro atoms. The molecule has 1 amide bonds. The van der Waals surface area contributed by atoms with E-state index in [4.69, 9.17) is 18.9 Å². The van der Waals surface area contributed by atoms with Crippen LogP contribution in [0.3, 0.4) is 0 Å². The number of hydrogen-bond acceptors (Lipinski definition) is 9. The number of likely N-dealkylation sites (N-methyl/N-ethyl adjacent to an activating group) is 1. The number of nitrogens with zero attached hydrogens (tertiary/aromatic N) is 1. The number of unbranched alkanes of at least 4 members (excludes halogenated alkanes) is 12. The Hall–Kier alpha value is -2.20. The zero-order chi connectivity index (χ0) is 35.8. The second-order valence-electron chi connectivity index (χ2n) is 13.2. The fourth-order valence-electron chi connectivity index (χ4n) is 5.67. The van der Waals surface area contributed by atoms with Gasteiger partial charge < -0.3 is 29.2 Å². The Morgan fingerprint density at radius 1 is 0.625 bits per heavy atom. The second-order valence-corrected chi connectivity index (χ2v) is 13.2. The van der Waals surface area contributed by atoms with Crippen molar-refractivity contribution in [2.24, 2.45) is 5.92 Å². The SMILES string of the molecule is CCOC(=O)CCCCCCCCCCCN(C)C(=O)C(=O)O[C@H](C)[C@@H](C)OCCC(CCCCCCC(=O)OCC)CCCCNC. The number of ether oxygens (including phenoxy) is 4. The Labute approximate surface area is 293 Å². The quantitative estimate of drug-likeness (QED) is 0.0332. The van der Waals surface area contributed by atoms with Crippen molar-refractivity contribution in [1.29, 1.82) is 0 Å². The number of hydrogen-bond donors (Lipinski definition) is 1. The van der Waals surface area contributed by atoms with Crippen LogP contribution in [0.1, 0.15) is 156 Å². The molecule has 0 fully saturated rings. The smallest absolute Gasteiger partial charge is 0.397 e. The lowest BCUT2D eigenvalue weighted by Gasteiger charge is -2.24. The van der Waals surface area contributed by atoms with Crippen molar-refractivity contribution in [3.05, 3.63) is 0 Å². The van der Waals surface area contributed by atoms with Gasteiger partial charge in [-0.15, -0.1) is 0 Å². The largest absolute Gasteiger partial charge is 0.466 e. The third-order valence-electron chi connectivity index (χ3n) is 8.90. The van der Waals surface area contributed by atoms with Gasteiger partial charge in [-0.05, 0) is 79.3 Å². The number of carbonyl (C=O) groups is 4. The zero-order valence-electron chi connectivity index (χ0n) is 31.6. The molecule has 0 aliphatic heterocycles. The standard InChI is InChI=1S/C38H72N2O8/c1-7-45-35(41)26-19-14-12-10-9-11-13-17-23-30-40(6)37(43)38(44)48-33(4)32(3)47-31-28-34(25-21-22-29-39-5)24-18-15-16-20-27-36(42)46-8-2/h32-34,39H,7-31H2,1-6H3/t32-,33-,34?/m1/s1. The molecule has 10 nitrogen and oxygen atoms in total. The van der Waals surface area contributed by atoms with Crippen LogP contribution in [0.5, 0.6) is 0 Å². The van der Waals surface area contributed by atoms with Gasteiger partial charge >= 0.3 is 23.8 Å². The highest BCUT2D eigenvalue weighted by Gasteiger charge is 2.25. The van der Waals surface area contributed by atoms with E-state index in [0.29, 0.717) is 45.1 Å². The average molecular weight is 685 g/mol. The van der Waals surface area contributed by atoms with Crippen molar-refractivity contribution in [2.45, 2.75) is 168 Å². The molecule has 1 N–H and O–H groups in total. The van der Waals surface area contributed by atoms with E-state index in [1.165, 1.54) is 24.2 Å². The van der Waals surface area contributed by atoms with Gasteiger partial charge in [0.1, 0.15) is 6.10 Å². The van der Waals surface area contributed by atoms with Crippen LogP contribution in [0.15, 0.2) is 0 Å². The molecule has 48 heavy (non-hydrogen) atoms. The van der Waals surface area contributed by atoms with E-state index >= 15 is 0 Å². The van der Waals surface area contributed by atoms with Crippen molar-refractivity contribution < 1.29 is 38.1 Å². The molecule has 3 atom stereocenters. The predicted molar refractivity (Wildman–Crippen MR) is 192 cm³/mol. The number of esters is 3. The molecule has 10 heteroatoms. The van der Waals surface area contributed by atoms with Crippen molar-refractivity contribution in [2.75, 3.05) is 47.0 Å². The van der Waals surface area contributed by atoms with E-state index < -0.39 is 18.0 Å². The van der Waals surface area contributed by atoms with Crippen molar-refractivity contribution in [3.8, 4) is 0 Å². The maximum absolute atomic E-state index is 12.6. The first kappa shape index (κ1) is 45.8. The number of carbonyl (C=O) groups excluding carboxylic acids is 4. The summed E-state index contributed by atoms with van der Waals surface area (Å²) < 4.78 is 21.5. The fraction of sp³-hybridized carbons (Fsp3) is 0.895. The topological polar surface area (TPSA) is 120 Å².